The van der Waals surface area contributed by atoms with Gasteiger partial charge in [-0.15, -0.1) is 16.8 Å². The van der Waals surface area contributed by atoms with Crippen molar-refractivity contribution in [2.45, 2.75) is 31.7 Å². The summed E-state index contributed by atoms with van der Waals surface area (Å²) in [7, 11) is 0. The van der Waals surface area contributed by atoms with Crippen molar-refractivity contribution in [2.24, 2.45) is 0 Å². The molecule has 0 aliphatic carbocycles. The van der Waals surface area contributed by atoms with Crippen molar-refractivity contribution in [3.63, 3.8) is 0 Å². The average molecular weight is 535 g/mol. The van der Waals surface area contributed by atoms with Gasteiger partial charge in [-0.25, -0.2) is 4.79 Å². The Morgan fingerprint density at radius 3 is 2.60 bits per heavy atom. The number of benzene rings is 2. The molecule has 0 saturated carbocycles. The van der Waals surface area contributed by atoms with E-state index in [0.29, 0.717) is 51.2 Å². The Morgan fingerprint density at radius 2 is 1.94 bits per heavy atom. The third kappa shape index (κ3) is 7.24. The minimum Gasteiger partial charge on any atom is -0.481 e. The average Bonchev–Trinajstić information content (AvgIpc) is 3.23. The zero-order valence-corrected chi connectivity index (χ0v) is 21.5. The lowest BCUT2D eigenvalue weighted by Gasteiger charge is -2.16. The molecule has 1 atom stereocenters. The third-order valence-electron chi connectivity index (χ3n) is 4.63. The van der Waals surface area contributed by atoms with Gasteiger partial charge in [0.15, 0.2) is 17.1 Å². The first-order chi connectivity index (χ1) is 16.8. The van der Waals surface area contributed by atoms with Gasteiger partial charge in [-0.3, -0.25) is 9.36 Å². The Kier molecular flexibility index (Phi) is 9.59. The third-order valence-corrected chi connectivity index (χ3v) is 6.13. The number of ether oxygens (including phenoxy) is 2. The van der Waals surface area contributed by atoms with Crippen LogP contribution in [0, 0.1) is 0 Å². The van der Waals surface area contributed by atoms with E-state index in [0.717, 1.165) is 0 Å². The molecule has 3 rings (SSSR count). The molecule has 0 spiro atoms. The number of hydrogen-bond acceptors (Lipinski definition) is 7. The van der Waals surface area contributed by atoms with Crippen molar-refractivity contribution < 1.29 is 19.1 Å². The molecule has 11 heteroatoms. The Labute approximate surface area is 217 Å². The van der Waals surface area contributed by atoms with Crippen LogP contribution in [0.15, 0.2) is 60.3 Å². The van der Waals surface area contributed by atoms with Crippen LogP contribution in [0.25, 0.3) is 0 Å². The van der Waals surface area contributed by atoms with Gasteiger partial charge in [0.1, 0.15) is 5.75 Å². The summed E-state index contributed by atoms with van der Waals surface area (Å²) in [6.07, 6.45) is 1.24. The molecule has 3 aromatic rings. The first-order valence-electron chi connectivity index (χ1n) is 10.7. The fraction of sp³-hybridized carbons (Fsp3) is 0.250. The number of nitrogens with one attached hydrogen (secondary N) is 1. The number of esters is 1. The number of rotatable bonds is 11. The van der Waals surface area contributed by atoms with Gasteiger partial charge in [0.2, 0.25) is 5.91 Å². The second-order valence-corrected chi connectivity index (χ2v) is 9.00. The van der Waals surface area contributed by atoms with Crippen LogP contribution < -0.4 is 10.1 Å². The molecule has 184 valence electrons. The minimum absolute atomic E-state index is 0.104. The van der Waals surface area contributed by atoms with E-state index in [-0.39, 0.29) is 11.7 Å². The number of allylic oxidation sites excluding steroid dienone is 1. The van der Waals surface area contributed by atoms with Gasteiger partial charge in [0.05, 0.1) is 22.9 Å². The van der Waals surface area contributed by atoms with E-state index in [9.17, 15) is 9.59 Å². The summed E-state index contributed by atoms with van der Waals surface area (Å²) in [5, 5.41) is 12.7. The lowest BCUT2D eigenvalue weighted by Crippen LogP contribution is -2.15. The fourth-order valence-electron chi connectivity index (χ4n) is 3.05. The summed E-state index contributed by atoms with van der Waals surface area (Å²) in [6, 6.07) is 11.5. The van der Waals surface area contributed by atoms with Gasteiger partial charge in [0, 0.05) is 17.3 Å². The smallest absolute Gasteiger partial charge is 0.338 e. The maximum absolute atomic E-state index is 12.5. The standard InChI is InChI=1S/C24H24Cl2N4O4S/c1-4-12-30-22(15(3)34-20-11-8-17(25)13-19(20)26)28-29-24(30)35-14-21(31)27-18-9-6-16(7-10-18)23(32)33-5-2/h4,6-11,13,15H,1,5,12,14H2,2-3H3,(H,27,31). The van der Waals surface area contributed by atoms with E-state index in [1.165, 1.54) is 11.8 Å². The number of thioether (sulfide) groups is 1. The number of amides is 1. The zero-order chi connectivity index (χ0) is 25.4. The van der Waals surface area contributed by atoms with E-state index in [1.54, 1.807) is 55.5 Å². The van der Waals surface area contributed by atoms with Crippen LogP contribution in [0.3, 0.4) is 0 Å². The number of nitrogens with zero attached hydrogens (tertiary/aromatic N) is 3. The molecular formula is C24H24Cl2N4O4S. The molecular weight excluding hydrogens is 511 g/mol. The summed E-state index contributed by atoms with van der Waals surface area (Å²) < 4.78 is 12.7. The van der Waals surface area contributed by atoms with E-state index in [1.807, 2.05) is 11.5 Å². The van der Waals surface area contributed by atoms with Gasteiger partial charge in [-0.05, 0) is 56.3 Å². The van der Waals surface area contributed by atoms with Crippen molar-refractivity contribution in [2.75, 3.05) is 17.7 Å². The number of aromatic nitrogens is 3. The topological polar surface area (TPSA) is 95.3 Å². The summed E-state index contributed by atoms with van der Waals surface area (Å²) in [4.78, 5) is 24.2. The van der Waals surface area contributed by atoms with Crippen LogP contribution >= 0.6 is 35.0 Å². The molecule has 1 amide bonds. The predicted octanol–water partition coefficient (Wildman–Crippen LogP) is 5.82. The molecule has 35 heavy (non-hydrogen) atoms. The van der Waals surface area contributed by atoms with E-state index in [4.69, 9.17) is 32.7 Å². The molecule has 2 aromatic carbocycles. The second-order valence-electron chi connectivity index (χ2n) is 7.21. The van der Waals surface area contributed by atoms with Crippen molar-refractivity contribution in [3.8, 4) is 5.75 Å². The van der Waals surface area contributed by atoms with Crippen LogP contribution in [0.1, 0.15) is 36.1 Å². The van der Waals surface area contributed by atoms with E-state index in [2.05, 4.69) is 22.1 Å². The monoisotopic (exact) mass is 534 g/mol. The van der Waals surface area contributed by atoms with Gasteiger partial charge < -0.3 is 14.8 Å². The molecule has 1 aromatic heterocycles. The molecule has 0 fully saturated rings. The highest BCUT2D eigenvalue weighted by Gasteiger charge is 2.20. The van der Waals surface area contributed by atoms with Crippen molar-refractivity contribution in [1.82, 2.24) is 14.8 Å². The second kappa shape index (κ2) is 12.6. The van der Waals surface area contributed by atoms with Gasteiger partial charge in [-0.1, -0.05) is 41.0 Å². The molecule has 1 heterocycles. The van der Waals surface area contributed by atoms with Crippen LogP contribution in [-0.4, -0.2) is 39.0 Å². The first kappa shape index (κ1) is 26.6. The van der Waals surface area contributed by atoms with Crippen LogP contribution in [0.5, 0.6) is 5.75 Å². The van der Waals surface area contributed by atoms with Gasteiger partial charge in [-0.2, -0.15) is 0 Å². The van der Waals surface area contributed by atoms with Gasteiger partial charge in [0.25, 0.3) is 0 Å². The number of hydrogen-bond donors (Lipinski definition) is 1. The molecule has 0 aliphatic heterocycles. The Hall–Kier alpha value is -3.01. The Bertz CT molecular complexity index is 1200. The quantitative estimate of drug-likeness (QED) is 0.188. The zero-order valence-electron chi connectivity index (χ0n) is 19.2. The highest BCUT2D eigenvalue weighted by Crippen LogP contribution is 2.31. The highest BCUT2D eigenvalue weighted by atomic mass is 35.5. The lowest BCUT2D eigenvalue weighted by atomic mass is 10.2. The summed E-state index contributed by atoms with van der Waals surface area (Å²) >= 11 is 13.4. The summed E-state index contributed by atoms with van der Waals surface area (Å²) in [6.45, 7) is 8.10. The normalized spacial score (nSPS) is 11.5. The number of carbonyl (C=O) groups is 2. The highest BCUT2D eigenvalue weighted by molar-refractivity contribution is 7.99. The Balaban J connectivity index is 1.63. The SMILES string of the molecule is C=CCn1c(SCC(=O)Nc2ccc(C(=O)OCC)cc2)nnc1C(C)Oc1ccc(Cl)cc1Cl. The summed E-state index contributed by atoms with van der Waals surface area (Å²) in [5.41, 5.74) is 0.985. The largest absolute Gasteiger partial charge is 0.481 e. The molecule has 1 unspecified atom stereocenters. The van der Waals surface area contributed by atoms with Gasteiger partial charge >= 0.3 is 5.97 Å². The molecule has 0 aliphatic rings. The molecule has 1 N–H and O–H groups in total. The summed E-state index contributed by atoms with van der Waals surface area (Å²) in [5.74, 6) is 0.501. The fourth-order valence-corrected chi connectivity index (χ4v) is 4.26. The lowest BCUT2D eigenvalue weighted by molar-refractivity contribution is -0.113. The van der Waals surface area contributed by atoms with Crippen LogP contribution in [0.4, 0.5) is 5.69 Å². The molecule has 0 saturated heterocycles. The first-order valence-corrected chi connectivity index (χ1v) is 12.4. The Morgan fingerprint density at radius 1 is 1.20 bits per heavy atom. The maximum Gasteiger partial charge on any atom is 0.338 e. The van der Waals surface area contributed by atoms with E-state index < -0.39 is 12.1 Å². The minimum atomic E-state index is -0.470. The van der Waals surface area contributed by atoms with Crippen molar-refractivity contribution in [1.29, 1.82) is 0 Å². The van der Waals surface area contributed by atoms with Crippen molar-refractivity contribution >= 4 is 52.5 Å². The van der Waals surface area contributed by atoms with Crippen molar-refractivity contribution in [3.05, 3.63) is 76.6 Å². The number of anilines is 1. The van der Waals surface area contributed by atoms with Crippen LogP contribution in [0.2, 0.25) is 10.0 Å². The number of halogens is 2. The number of carbonyl (C=O) groups excluding carboxylic acids is 2. The molecule has 0 bridgehead atoms. The van der Waals surface area contributed by atoms with Crippen LogP contribution in [-0.2, 0) is 16.1 Å². The maximum atomic E-state index is 12.5. The molecule has 0 radical (unpaired) electrons. The predicted molar refractivity (Wildman–Crippen MR) is 137 cm³/mol. The van der Waals surface area contributed by atoms with E-state index >= 15 is 0 Å². The molecule has 8 nitrogen and oxygen atoms in total.